The molecule has 2 heterocycles. The van der Waals surface area contributed by atoms with Crippen molar-refractivity contribution in [2.75, 3.05) is 39.4 Å². The van der Waals surface area contributed by atoms with Gasteiger partial charge >= 0.3 is 0 Å². The Morgan fingerprint density at radius 1 is 1.09 bits per heavy atom. The van der Waals surface area contributed by atoms with Crippen LogP contribution < -0.4 is 0 Å². The van der Waals surface area contributed by atoms with Crippen LogP contribution >= 0.6 is 15.9 Å². The lowest BCUT2D eigenvalue weighted by Gasteiger charge is -2.30. The van der Waals surface area contributed by atoms with Gasteiger partial charge in [0.15, 0.2) is 0 Å². The van der Waals surface area contributed by atoms with Crippen LogP contribution in [0.1, 0.15) is 17.2 Å². The fourth-order valence-corrected chi connectivity index (χ4v) is 4.42. The Kier molecular flexibility index (Phi) is 6.87. The first-order valence-electron chi connectivity index (χ1n) is 10.5. The van der Waals surface area contributed by atoms with E-state index in [1.54, 1.807) is 30.3 Å². The van der Waals surface area contributed by atoms with Crippen molar-refractivity contribution in [2.45, 2.75) is 6.04 Å². The molecule has 2 aromatic carbocycles. The molecule has 9 nitrogen and oxygen atoms in total. The molecule has 2 saturated heterocycles. The van der Waals surface area contributed by atoms with Crippen molar-refractivity contribution in [2.24, 2.45) is 0 Å². The summed E-state index contributed by atoms with van der Waals surface area (Å²) in [5.74, 6) is -2.01. The number of morpholine rings is 1. The van der Waals surface area contributed by atoms with Crippen LogP contribution in [0.5, 0.6) is 0 Å². The number of nitrogens with zero attached hydrogens (tertiary/aromatic N) is 3. The van der Waals surface area contributed by atoms with E-state index >= 15 is 0 Å². The predicted molar refractivity (Wildman–Crippen MR) is 124 cm³/mol. The minimum atomic E-state index is -1.07. The third kappa shape index (κ3) is 4.68. The smallest absolute Gasteiger partial charge is 0.295 e. The van der Waals surface area contributed by atoms with Gasteiger partial charge in [0, 0.05) is 42.3 Å². The molecule has 0 unspecified atom stereocenters. The monoisotopic (exact) mass is 515 g/mol. The molecular formula is C23H22BrN3O6. The van der Waals surface area contributed by atoms with E-state index in [2.05, 4.69) is 20.8 Å². The first-order chi connectivity index (χ1) is 15.9. The van der Waals surface area contributed by atoms with E-state index in [1.807, 2.05) is 0 Å². The molecule has 0 aliphatic carbocycles. The largest absolute Gasteiger partial charge is 0.507 e. The number of rotatable bonds is 6. The highest BCUT2D eigenvalue weighted by atomic mass is 79.9. The summed E-state index contributed by atoms with van der Waals surface area (Å²) >= 11 is 3.33. The molecule has 172 valence electrons. The average Bonchev–Trinajstić information content (AvgIpc) is 3.08. The minimum absolute atomic E-state index is 0.154. The highest BCUT2D eigenvalue weighted by Gasteiger charge is 2.48. The van der Waals surface area contributed by atoms with Crippen LogP contribution in [0.2, 0.25) is 0 Å². The van der Waals surface area contributed by atoms with Crippen LogP contribution in [0, 0.1) is 10.1 Å². The number of ketones is 1. The number of Topliss-reactive ketones (excluding diaryl/α,β-unsaturated/α-hetero) is 1. The molecule has 2 aliphatic rings. The zero-order chi connectivity index (χ0) is 23.5. The number of nitro benzene ring substituents is 1. The molecule has 0 radical (unpaired) electrons. The molecular weight excluding hydrogens is 494 g/mol. The molecule has 0 bridgehead atoms. The van der Waals surface area contributed by atoms with Gasteiger partial charge in [-0.1, -0.05) is 40.2 Å². The van der Waals surface area contributed by atoms with Gasteiger partial charge in [0.2, 0.25) is 0 Å². The van der Waals surface area contributed by atoms with Crippen LogP contribution in [-0.2, 0) is 14.3 Å². The zero-order valence-corrected chi connectivity index (χ0v) is 19.2. The summed E-state index contributed by atoms with van der Waals surface area (Å²) in [6, 6.07) is 11.5. The maximum absolute atomic E-state index is 13.1. The second-order valence-corrected chi connectivity index (χ2v) is 8.68. The van der Waals surface area contributed by atoms with E-state index in [-0.39, 0.29) is 29.1 Å². The Morgan fingerprint density at radius 3 is 2.42 bits per heavy atom. The molecule has 1 atom stereocenters. The fourth-order valence-electron chi connectivity index (χ4n) is 4.16. The van der Waals surface area contributed by atoms with Gasteiger partial charge in [-0.2, -0.15) is 0 Å². The highest BCUT2D eigenvalue weighted by Crippen LogP contribution is 2.42. The summed E-state index contributed by atoms with van der Waals surface area (Å²) in [5.41, 5.74) is 0.149. The molecule has 2 fully saturated rings. The van der Waals surface area contributed by atoms with Crippen LogP contribution in [0.15, 0.2) is 58.6 Å². The van der Waals surface area contributed by atoms with Crippen LogP contribution in [0.4, 0.5) is 5.69 Å². The van der Waals surface area contributed by atoms with Gasteiger partial charge < -0.3 is 14.7 Å². The number of hydrogen-bond acceptors (Lipinski definition) is 7. The Balaban J connectivity index is 1.80. The van der Waals surface area contributed by atoms with E-state index in [0.717, 1.165) is 4.47 Å². The molecule has 4 rings (SSSR count). The molecule has 2 aliphatic heterocycles. The Bertz CT molecular complexity index is 1110. The third-order valence-corrected chi connectivity index (χ3v) is 6.38. The van der Waals surface area contributed by atoms with E-state index in [9.17, 15) is 24.8 Å². The number of halogens is 1. The van der Waals surface area contributed by atoms with Crippen LogP contribution in [0.25, 0.3) is 5.76 Å². The van der Waals surface area contributed by atoms with E-state index in [1.165, 1.54) is 23.1 Å². The summed E-state index contributed by atoms with van der Waals surface area (Å²) in [4.78, 5) is 40.8. The van der Waals surface area contributed by atoms with Crippen LogP contribution in [-0.4, -0.2) is 70.9 Å². The summed E-state index contributed by atoms with van der Waals surface area (Å²) in [6.07, 6.45) is 0. The zero-order valence-electron chi connectivity index (χ0n) is 17.6. The Morgan fingerprint density at radius 2 is 1.76 bits per heavy atom. The lowest BCUT2D eigenvalue weighted by molar-refractivity contribution is -0.385. The maximum Gasteiger partial charge on any atom is 0.295 e. The molecule has 10 heteroatoms. The van der Waals surface area contributed by atoms with Crippen molar-refractivity contribution in [3.8, 4) is 0 Å². The van der Waals surface area contributed by atoms with Crippen molar-refractivity contribution < 1.29 is 24.4 Å². The second-order valence-electron chi connectivity index (χ2n) is 7.77. The molecule has 0 spiro atoms. The maximum atomic E-state index is 13.1. The number of aliphatic hydroxyl groups excluding tert-OH is 1. The second kappa shape index (κ2) is 9.82. The van der Waals surface area contributed by atoms with E-state index < -0.39 is 22.7 Å². The van der Waals surface area contributed by atoms with Crippen molar-refractivity contribution in [1.82, 2.24) is 9.80 Å². The van der Waals surface area contributed by atoms with Gasteiger partial charge in [-0.05, 0) is 18.2 Å². The summed E-state index contributed by atoms with van der Waals surface area (Å²) in [5, 5.41) is 22.8. The summed E-state index contributed by atoms with van der Waals surface area (Å²) in [6.45, 7) is 3.20. The lowest BCUT2D eigenvalue weighted by Crippen LogP contribution is -2.42. The molecule has 2 aromatic rings. The Hall–Kier alpha value is -3.08. The summed E-state index contributed by atoms with van der Waals surface area (Å²) < 4.78 is 6.13. The quantitative estimate of drug-likeness (QED) is 0.206. The van der Waals surface area contributed by atoms with E-state index in [4.69, 9.17) is 4.74 Å². The lowest BCUT2D eigenvalue weighted by atomic mass is 9.94. The summed E-state index contributed by atoms with van der Waals surface area (Å²) in [7, 11) is 0. The first-order valence-corrected chi connectivity index (χ1v) is 11.3. The Labute approximate surface area is 198 Å². The molecule has 1 amide bonds. The number of benzene rings is 2. The normalized spacial score (nSPS) is 20.9. The number of carbonyl (C=O) groups excluding carboxylic acids is 2. The number of para-hydroxylation sites is 1. The standard InChI is InChI=1S/C23H22BrN3O6/c24-16-7-5-15(6-8-16)21(28)19-20(17-3-1-2-4-18(17)27(31)32)26(23(30)22(19)29)10-9-25-11-13-33-14-12-25/h1-8,20,28H,9-14H2/t20-/m0/s1. The number of ether oxygens (including phenoxy) is 1. The van der Waals surface area contributed by atoms with Crippen LogP contribution in [0.3, 0.4) is 0 Å². The van der Waals surface area contributed by atoms with Gasteiger partial charge in [0.25, 0.3) is 17.4 Å². The number of aliphatic hydroxyl groups is 1. The minimum Gasteiger partial charge on any atom is -0.507 e. The van der Waals surface area contributed by atoms with Gasteiger partial charge in [-0.15, -0.1) is 0 Å². The van der Waals surface area contributed by atoms with Gasteiger partial charge in [-0.25, -0.2) is 0 Å². The topological polar surface area (TPSA) is 113 Å². The van der Waals surface area contributed by atoms with Crippen molar-refractivity contribution in [3.63, 3.8) is 0 Å². The molecule has 33 heavy (non-hydrogen) atoms. The van der Waals surface area contributed by atoms with Gasteiger partial charge in [0.1, 0.15) is 5.76 Å². The van der Waals surface area contributed by atoms with Crippen molar-refractivity contribution in [3.05, 3.63) is 79.8 Å². The number of nitro groups is 1. The molecule has 0 saturated carbocycles. The van der Waals surface area contributed by atoms with Gasteiger partial charge in [0.05, 0.1) is 35.3 Å². The number of hydrogen-bond donors (Lipinski definition) is 1. The third-order valence-electron chi connectivity index (χ3n) is 5.85. The predicted octanol–water partition coefficient (Wildman–Crippen LogP) is 3.11. The first kappa shape index (κ1) is 23.1. The number of likely N-dealkylation sites (tertiary alicyclic amines) is 1. The van der Waals surface area contributed by atoms with Gasteiger partial charge in [-0.3, -0.25) is 24.6 Å². The molecule has 0 aromatic heterocycles. The SMILES string of the molecule is O=C1C(=O)N(CCN2CCOCC2)[C@@H](c2ccccc2[N+](=O)[O-])C1=C(O)c1ccc(Br)cc1. The number of amides is 1. The molecule has 1 N–H and O–H groups in total. The van der Waals surface area contributed by atoms with Crippen molar-refractivity contribution >= 4 is 39.1 Å². The highest BCUT2D eigenvalue weighted by molar-refractivity contribution is 9.10. The van der Waals surface area contributed by atoms with E-state index in [0.29, 0.717) is 38.4 Å². The fraction of sp³-hybridized carbons (Fsp3) is 0.304. The average molecular weight is 516 g/mol. The van der Waals surface area contributed by atoms with Crippen molar-refractivity contribution in [1.29, 1.82) is 0 Å². The number of carbonyl (C=O) groups is 2.